The molecule has 2 rings (SSSR count). The third-order valence-electron chi connectivity index (χ3n) is 2.35. The highest BCUT2D eigenvalue weighted by molar-refractivity contribution is 5.80. The number of hydrogen-bond donors (Lipinski definition) is 2. The summed E-state index contributed by atoms with van der Waals surface area (Å²) in [6.07, 6.45) is 0. The zero-order valence-electron chi connectivity index (χ0n) is 7.92. The average molecular weight is 193 g/mol. The third-order valence-corrected chi connectivity index (χ3v) is 2.35. The van der Waals surface area contributed by atoms with Crippen LogP contribution in [-0.4, -0.2) is 12.5 Å². The van der Waals surface area contributed by atoms with Crippen molar-refractivity contribution in [2.45, 2.75) is 13.0 Å². The molecule has 0 saturated carbocycles. The molecule has 4 heteroatoms. The lowest BCUT2D eigenvalue weighted by molar-refractivity contribution is 0.614. The Kier molecular flexibility index (Phi) is 2.11. The monoisotopic (exact) mass is 193 g/mol. The fourth-order valence-electron chi connectivity index (χ4n) is 1.53. The van der Waals surface area contributed by atoms with Gasteiger partial charge in [-0.1, -0.05) is 12.1 Å². The van der Waals surface area contributed by atoms with Crippen LogP contribution in [0.25, 0.3) is 0 Å². The predicted octanol–water partition coefficient (Wildman–Crippen LogP) is 1.09. The molecule has 0 saturated heterocycles. The molecule has 1 atom stereocenters. The Morgan fingerprint density at radius 1 is 1.57 bits per heavy atom. The highest BCUT2D eigenvalue weighted by atomic mass is 19.1. The zero-order valence-corrected chi connectivity index (χ0v) is 7.92. The van der Waals surface area contributed by atoms with Gasteiger partial charge in [-0.3, -0.25) is 4.99 Å². The van der Waals surface area contributed by atoms with Gasteiger partial charge in [0.25, 0.3) is 0 Å². The van der Waals surface area contributed by atoms with Crippen molar-refractivity contribution in [2.24, 2.45) is 10.7 Å². The highest BCUT2D eigenvalue weighted by Crippen LogP contribution is 2.19. The van der Waals surface area contributed by atoms with Gasteiger partial charge in [0.15, 0.2) is 5.96 Å². The first-order valence-corrected chi connectivity index (χ1v) is 4.49. The summed E-state index contributed by atoms with van der Waals surface area (Å²) in [7, 11) is 0. The Balaban J connectivity index is 2.22. The number of aliphatic imine (C=N–C) groups is 1. The number of hydrogen-bond acceptors (Lipinski definition) is 3. The van der Waals surface area contributed by atoms with E-state index in [0.29, 0.717) is 18.1 Å². The number of benzene rings is 1. The quantitative estimate of drug-likeness (QED) is 0.701. The number of nitrogens with two attached hydrogens (primary N) is 1. The summed E-state index contributed by atoms with van der Waals surface area (Å²) >= 11 is 0. The molecule has 14 heavy (non-hydrogen) atoms. The molecule has 0 radical (unpaired) electrons. The molecule has 3 nitrogen and oxygen atoms in total. The molecule has 1 aliphatic rings. The topological polar surface area (TPSA) is 50.4 Å². The predicted molar refractivity (Wildman–Crippen MR) is 53.5 cm³/mol. The van der Waals surface area contributed by atoms with Gasteiger partial charge in [0.05, 0.1) is 12.6 Å². The smallest absolute Gasteiger partial charge is 0.189 e. The van der Waals surface area contributed by atoms with Crippen molar-refractivity contribution < 1.29 is 4.39 Å². The van der Waals surface area contributed by atoms with Crippen LogP contribution in [0.4, 0.5) is 4.39 Å². The van der Waals surface area contributed by atoms with E-state index in [1.54, 1.807) is 13.0 Å². The van der Waals surface area contributed by atoms with Crippen molar-refractivity contribution in [1.29, 1.82) is 0 Å². The van der Waals surface area contributed by atoms with Crippen LogP contribution in [0.3, 0.4) is 0 Å². The summed E-state index contributed by atoms with van der Waals surface area (Å²) in [6, 6.07) is 5.14. The van der Waals surface area contributed by atoms with Crippen LogP contribution < -0.4 is 11.1 Å². The van der Waals surface area contributed by atoms with Gasteiger partial charge >= 0.3 is 0 Å². The molecule has 0 fully saturated rings. The summed E-state index contributed by atoms with van der Waals surface area (Å²) in [6.45, 7) is 2.37. The first-order chi connectivity index (χ1) is 6.66. The van der Waals surface area contributed by atoms with Gasteiger partial charge in [0.1, 0.15) is 5.82 Å². The van der Waals surface area contributed by atoms with Crippen LogP contribution in [0.5, 0.6) is 0 Å². The maximum Gasteiger partial charge on any atom is 0.189 e. The van der Waals surface area contributed by atoms with Gasteiger partial charge in [-0.2, -0.15) is 0 Å². The van der Waals surface area contributed by atoms with Crippen LogP contribution in [-0.2, 0) is 0 Å². The molecule has 1 aliphatic heterocycles. The number of halogens is 1. The largest absolute Gasteiger partial charge is 0.370 e. The first kappa shape index (κ1) is 8.99. The Hall–Kier alpha value is -1.58. The number of aryl methyl sites for hydroxylation is 1. The van der Waals surface area contributed by atoms with Crippen LogP contribution >= 0.6 is 0 Å². The number of guanidine groups is 1. The first-order valence-electron chi connectivity index (χ1n) is 4.49. The van der Waals surface area contributed by atoms with E-state index in [2.05, 4.69) is 10.3 Å². The Bertz CT molecular complexity index is 387. The van der Waals surface area contributed by atoms with Gasteiger partial charge < -0.3 is 11.1 Å². The fraction of sp³-hybridized carbons (Fsp3) is 0.300. The van der Waals surface area contributed by atoms with Crippen molar-refractivity contribution in [2.75, 3.05) is 6.54 Å². The second kappa shape index (κ2) is 3.29. The molecule has 0 amide bonds. The minimum Gasteiger partial charge on any atom is -0.370 e. The maximum atomic E-state index is 13.0. The molecule has 0 spiro atoms. The van der Waals surface area contributed by atoms with Gasteiger partial charge in [-0.25, -0.2) is 4.39 Å². The van der Waals surface area contributed by atoms with Crippen molar-refractivity contribution in [1.82, 2.24) is 5.32 Å². The van der Waals surface area contributed by atoms with E-state index in [-0.39, 0.29) is 11.9 Å². The summed E-state index contributed by atoms with van der Waals surface area (Å²) in [5, 5.41) is 3.02. The van der Waals surface area contributed by atoms with Crippen molar-refractivity contribution >= 4 is 5.96 Å². The molecule has 0 aliphatic carbocycles. The molecule has 0 aromatic heterocycles. The van der Waals surface area contributed by atoms with E-state index < -0.39 is 0 Å². The lowest BCUT2D eigenvalue weighted by Crippen LogP contribution is -2.29. The highest BCUT2D eigenvalue weighted by Gasteiger charge is 2.17. The van der Waals surface area contributed by atoms with Crippen molar-refractivity contribution in [3.63, 3.8) is 0 Å². The molecule has 1 unspecified atom stereocenters. The normalized spacial score (nSPS) is 20.4. The second-order valence-electron chi connectivity index (χ2n) is 3.43. The molecular weight excluding hydrogens is 181 g/mol. The van der Waals surface area contributed by atoms with Crippen LogP contribution in [0.2, 0.25) is 0 Å². The number of nitrogens with one attached hydrogen (secondary N) is 1. The van der Waals surface area contributed by atoms with Gasteiger partial charge in [-0.05, 0) is 24.1 Å². The summed E-state index contributed by atoms with van der Waals surface area (Å²) in [4.78, 5) is 4.04. The van der Waals surface area contributed by atoms with E-state index in [9.17, 15) is 4.39 Å². The van der Waals surface area contributed by atoms with Crippen LogP contribution in [0.1, 0.15) is 17.2 Å². The Morgan fingerprint density at radius 2 is 2.36 bits per heavy atom. The van der Waals surface area contributed by atoms with E-state index >= 15 is 0 Å². The van der Waals surface area contributed by atoms with Gasteiger partial charge in [0.2, 0.25) is 0 Å². The van der Waals surface area contributed by atoms with Crippen LogP contribution in [0.15, 0.2) is 23.2 Å². The van der Waals surface area contributed by atoms with Crippen molar-refractivity contribution in [3.05, 3.63) is 35.1 Å². The SMILES string of the molecule is Cc1cc(C2CN=C(N)N2)ccc1F. The Labute approximate surface area is 81.8 Å². The summed E-state index contributed by atoms with van der Waals surface area (Å²) < 4.78 is 13.0. The molecule has 3 N–H and O–H groups in total. The molecule has 74 valence electrons. The minimum atomic E-state index is -0.180. The molecule has 1 heterocycles. The lowest BCUT2D eigenvalue weighted by Gasteiger charge is -2.11. The molecule has 1 aromatic carbocycles. The van der Waals surface area contributed by atoms with Gasteiger partial charge in [-0.15, -0.1) is 0 Å². The Morgan fingerprint density at radius 3 is 2.93 bits per heavy atom. The molecule has 1 aromatic rings. The number of rotatable bonds is 1. The second-order valence-corrected chi connectivity index (χ2v) is 3.43. The molecule has 0 bridgehead atoms. The van der Waals surface area contributed by atoms with E-state index in [1.807, 2.05) is 6.07 Å². The van der Waals surface area contributed by atoms with Crippen LogP contribution in [0, 0.1) is 12.7 Å². The maximum absolute atomic E-state index is 13.0. The number of nitrogens with zero attached hydrogens (tertiary/aromatic N) is 1. The van der Waals surface area contributed by atoms with Gasteiger partial charge in [0, 0.05) is 0 Å². The summed E-state index contributed by atoms with van der Waals surface area (Å²) in [5.41, 5.74) is 7.16. The standard InChI is InChI=1S/C10H12FN3/c1-6-4-7(2-3-8(6)11)9-5-13-10(12)14-9/h2-4,9H,5H2,1H3,(H3,12,13,14). The summed E-state index contributed by atoms with van der Waals surface area (Å²) in [5.74, 6) is 0.276. The third kappa shape index (κ3) is 1.55. The lowest BCUT2D eigenvalue weighted by atomic mass is 10.0. The van der Waals surface area contributed by atoms with E-state index in [1.165, 1.54) is 6.07 Å². The fourth-order valence-corrected chi connectivity index (χ4v) is 1.53. The van der Waals surface area contributed by atoms with Crippen molar-refractivity contribution in [3.8, 4) is 0 Å². The van der Waals surface area contributed by atoms with E-state index in [4.69, 9.17) is 5.73 Å². The average Bonchev–Trinajstić information content (AvgIpc) is 2.57. The van der Waals surface area contributed by atoms with E-state index in [0.717, 1.165) is 5.56 Å². The molecular formula is C10H12FN3. The minimum absolute atomic E-state index is 0.0919. The zero-order chi connectivity index (χ0) is 10.1.